The minimum absolute atomic E-state index is 0.289. The van der Waals surface area contributed by atoms with Crippen LogP contribution in [-0.4, -0.2) is 34.6 Å². The van der Waals surface area contributed by atoms with Crippen LogP contribution in [-0.2, 0) is 6.54 Å². The van der Waals surface area contributed by atoms with Gasteiger partial charge in [0.05, 0.1) is 11.6 Å². The van der Waals surface area contributed by atoms with Crippen LogP contribution in [0.2, 0.25) is 0 Å². The largest absolute Gasteiger partial charge is 0.508 e. The van der Waals surface area contributed by atoms with Gasteiger partial charge in [0.2, 0.25) is 0 Å². The lowest BCUT2D eigenvalue weighted by molar-refractivity contribution is 0.289. The van der Waals surface area contributed by atoms with Crippen molar-refractivity contribution in [2.75, 3.05) is 24.6 Å². The predicted octanol–water partition coefficient (Wildman–Crippen LogP) is 1.81. The smallest absolute Gasteiger partial charge is 0.120 e. The van der Waals surface area contributed by atoms with E-state index in [1.54, 1.807) is 18.2 Å². The van der Waals surface area contributed by atoms with Gasteiger partial charge in [0.1, 0.15) is 5.75 Å². The van der Waals surface area contributed by atoms with Gasteiger partial charge in [-0.2, -0.15) is 17.0 Å². The highest BCUT2D eigenvalue weighted by Crippen LogP contribution is 2.21. The lowest BCUT2D eigenvalue weighted by Crippen LogP contribution is -2.31. The summed E-state index contributed by atoms with van der Waals surface area (Å²) in [5.41, 5.74) is 1.46. The highest BCUT2D eigenvalue weighted by Gasteiger charge is 2.12. The molecule has 84 valence electrons. The topological polar surface area (TPSA) is 47.3 Å². The number of benzene rings is 1. The Hall–Kier alpha value is -1.18. The molecule has 1 saturated heterocycles. The Morgan fingerprint density at radius 2 is 2.12 bits per heavy atom. The predicted molar refractivity (Wildman–Crippen MR) is 65.4 cm³/mol. The zero-order valence-electron chi connectivity index (χ0n) is 9.02. The summed E-state index contributed by atoms with van der Waals surface area (Å²) in [6.07, 6.45) is 0. The first-order valence-electron chi connectivity index (χ1n) is 5.31. The Morgan fingerprint density at radius 1 is 1.38 bits per heavy atom. The average Bonchev–Trinajstić information content (AvgIpc) is 2.33. The fourth-order valence-electron chi connectivity index (χ4n) is 1.78. The summed E-state index contributed by atoms with van der Waals surface area (Å²) in [6, 6.07) is 7.12. The maximum atomic E-state index is 9.72. The van der Waals surface area contributed by atoms with Crippen LogP contribution < -0.4 is 0 Å². The summed E-state index contributed by atoms with van der Waals surface area (Å²) in [5, 5.41) is 18.5. The molecule has 1 heterocycles. The van der Waals surface area contributed by atoms with Crippen LogP contribution in [0, 0.1) is 11.3 Å². The zero-order valence-corrected chi connectivity index (χ0v) is 9.83. The molecule has 16 heavy (non-hydrogen) atoms. The van der Waals surface area contributed by atoms with Crippen molar-refractivity contribution in [3.05, 3.63) is 29.3 Å². The molecule has 1 aromatic carbocycles. The summed E-state index contributed by atoms with van der Waals surface area (Å²) in [7, 11) is 0. The first kappa shape index (κ1) is 11.3. The Balaban J connectivity index is 2.10. The Labute approximate surface area is 99.7 Å². The first-order chi connectivity index (χ1) is 7.79. The van der Waals surface area contributed by atoms with Crippen LogP contribution in [0.4, 0.5) is 0 Å². The molecule has 0 aromatic heterocycles. The Morgan fingerprint density at radius 3 is 2.81 bits per heavy atom. The quantitative estimate of drug-likeness (QED) is 0.848. The van der Waals surface area contributed by atoms with Crippen molar-refractivity contribution in [1.29, 1.82) is 5.26 Å². The molecule has 1 aliphatic heterocycles. The lowest BCUT2D eigenvalue weighted by atomic mass is 10.1. The average molecular weight is 234 g/mol. The molecule has 1 N–H and O–H groups in total. The van der Waals surface area contributed by atoms with Gasteiger partial charge in [-0.25, -0.2) is 0 Å². The number of hydrogen-bond donors (Lipinski definition) is 1. The molecule has 0 saturated carbocycles. The fourth-order valence-corrected chi connectivity index (χ4v) is 2.76. The Kier molecular flexibility index (Phi) is 3.70. The van der Waals surface area contributed by atoms with Crippen LogP contribution in [0.3, 0.4) is 0 Å². The maximum absolute atomic E-state index is 9.72. The van der Waals surface area contributed by atoms with Crippen LogP contribution in [0.5, 0.6) is 5.75 Å². The van der Waals surface area contributed by atoms with Gasteiger partial charge in [0.25, 0.3) is 0 Å². The Bertz CT molecular complexity index is 408. The molecule has 2 rings (SSSR count). The van der Waals surface area contributed by atoms with Gasteiger partial charge in [0.15, 0.2) is 0 Å². The highest BCUT2D eigenvalue weighted by atomic mass is 32.2. The van der Waals surface area contributed by atoms with Crippen molar-refractivity contribution in [3.8, 4) is 11.8 Å². The lowest BCUT2D eigenvalue weighted by Gasteiger charge is -2.26. The van der Waals surface area contributed by atoms with Crippen molar-refractivity contribution in [2.45, 2.75) is 6.54 Å². The number of nitriles is 1. The van der Waals surface area contributed by atoms with E-state index in [9.17, 15) is 5.11 Å². The summed E-state index contributed by atoms with van der Waals surface area (Å²) >= 11 is 1.96. The summed E-state index contributed by atoms with van der Waals surface area (Å²) in [6.45, 7) is 2.85. The second-order valence-corrected chi connectivity index (χ2v) is 5.07. The highest BCUT2D eigenvalue weighted by molar-refractivity contribution is 7.99. The molecule has 4 heteroatoms. The van der Waals surface area contributed by atoms with E-state index in [-0.39, 0.29) is 5.75 Å². The van der Waals surface area contributed by atoms with E-state index in [0.717, 1.165) is 36.7 Å². The number of nitrogens with zero attached hydrogens (tertiary/aromatic N) is 2. The van der Waals surface area contributed by atoms with E-state index >= 15 is 0 Å². The molecule has 0 spiro atoms. The third-order valence-corrected chi connectivity index (χ3v) is 3.65. The van der Waals surface area contributed by atoms with Crippen molar-refractivity contribution in [2.24, 2.45) is 0 Å². The molecule has 0 bridgehead atoms. The fraction of sp³-hybridized carbons (Fsp3) is 0.417. The van der Waals surface area contributed by atoms with E-state index in [4.69, 9.17) is 5.26 Å². The van der Waals surface area contributed by atoms with Crippen molar-refractivity contribution in [1.82, 2.24) is 4.90 Å². The van der Waals surface area contributed by atoms with Gasteiger partial charge in [-0.15, -0.1) is 0 Å². The van der Waals surface area contributed by atoms with E-state index < -0.39 is 0 Å². The number of rotatable bonds is 2. The summed E-state index contributed by atoms with van der Waals surface area (Å²) < 4.78 is 0. The molecule has 1 aliphatic rings. The van der Waals surface area contributed by atoms with Gasteiger partial charge in [-0.3, -0.25) is 4.90 Å². The van der Waals surface area contributed by atoms with Gasteiger partial charge in [-0.1, -0.05) is 0 Å². The first-order valence-corrected chi connectivity index (χ1v) is 6.47. The SMILES string of the molecule is N#Cc1ccc(O)c(CN2CCSCC2)c1. The number of hydrogen-bond acceptors (Lipinski definition) is 4. The third kappa shape index (κ3) is 2.69. The van der Waals surface area contributed by atoms with Crippen LogP contribution in [0.1, 0.15) is 11.1 Å². The molecule has 0 amide bonds. The zero-order chi connectivity index (χ0) is 11.4. The summed E-state index contributed by atoms with van der Waals surface area (Å²) in [4.78, 5) is 2.31. The molecular weight excluding hydrogens is 220 g/mol. The minimum atomic E-state index is 0.289. The van der Waals surface area contributed by atoms with Crippen molar-refractivity contribution < 1.29 is 5.11 Å². The third-order valence-electron chi connectivity index (χ3n) is 2.71. The number of phenols is 1. The molecule has 0 unspecified atom stereocenters. The van der Waals surface area contributed by atoms with E-state index in [1.807, 2.05) is 11.8 Å². The van der Waals surface area contributed by atoms with Crippen LogP contribution in [0.15, 0.2) is 18.2 Å². The van der Waals surface area contributed by atoms with Gasteiger partial charge >= 0.3 is 0 Å². The number of phenolic OH excluding ortho intramolecular Hbond substituents is 1. The van der Waals surface area contributed by atoms with Crippen LogP contribution in [0.25, 0.3) is 0 Å². The van der Waals surface area contributed by atoms with E-state index in [2.05, 4.69) is 11.0 Å². The van der Waals surface area contributed by atoms with Gasteiger partial charge < -0.3 is 5.11 Å². The second-order valence-electron chi connectivity index (χ2n) is 3.84. The molecule has 3 nitrogen and oxygen atoms in total. The standard InChI is InChI=1S/C12H14N2OS/c13-8-10-1-2-12(15)11(7-10)9-14-3-5-16-6-4-14/h1-2,7,15H,3-6,9H2. The van der Waals surface area contributed by atoms with Crippen molar-refractivity contribution >= 4 is 11.8 Å². The molecule has 1 aromatic rings. The van der Waals surface area contributed by atoms with E-state index in [1.165, 1.54) is 0 Å². The maximum Gasteiger partial charge on any atom is 0.120 e. The molecule has 1 fully saturated rings. The second kappa shape index (κ2) is 5.24. The molecule has 0 radical (unpaired) electrons. The van der Waals surface area contributed by atoms with E-state index in [0.29, 0.717) is 5.56 Å². The molecule has 0 aliphatic carbocycles. The van der Waals surface area contributed by atoms with Gasteiger partial charge in [0, 0.05) is 36.7 Å². The number of aromatic hydroxyl groups is 1. The van der Waals surface area contributed by atoms with Crippen molar-refractivity contribution in [3.63, 3.8) is 0 Å². The normalized spacial score (nSPS) is 16.9. The molecular formula is C12H14N2OS. The minimum Gasteiger partial charge on any atom is -0.508 e. The molecule has 0 atom stereocenters. The summed E-state index contributed by atoms with van der Waals surface area (Å²) in [5.74, 6) is 2.59. The van der Waals surface area contributed by atoms with Crippen LogP contribution >= 0.6 is 11.8 Å². The monoisotopic (exact) mass is 234 g/mol. The van der Waals surface area contributed by atoms with Gasteiger partial charge in [-0.05, 0) is 18.2 Å². The number of thioether (sulfide) groups is 1.